The van der Waals surface area contributed by atoms with E-state index in [4.69, 9.17) is 10.2 Å². The van der Waals surface area contributed by atoms with Crippen LogP contribution >= 0.6 is 0 Å². The highest BCUT2D eigenvalue weighted by Gasteiger charge is 2.11. The van der Waals surface area contributed by atoms with Gasteiger partial charge >= 0.3 is 11.9 Å². The third-order valence-electron chi connectivity index (χ3n) is 1.94. The number of hydrogen-bond donors (Lipinski definition) is 3. The van der Waals surface area contributed by atoms with E-state index < -0.39 is 17.5 Å². The molecule has 1 aromatic carbocycles. The summed E-state index contributed by atoms with van der Waals surface area (Å²) < 4.78 is 0. The van der Waals surface area contributed by atoms with Crippen LogP contribution in [0, 0.1) is 11.8 Å². The number of carboxylic acids is 2. The molecule has 0 atom stereocenters. The molecule has 0 aromatic heterocycles. The molecule has 18 heavy (non-hydrogen) atoms. The maximum Gasteiger partial charge on any atom is 0.335 e. The lowest BCUT2D eigenvalue weighted by Gasteiger charge is -2.06. The predicted octanol–water partition coefficient (Wildman–Crippen LogP) is 1.21. The number of benzene rings is 1. The van der Waals surface area contributed by atoms with Crippen molar-refractivity contribution in [3.8, 4) is 11.8 Å². The van der Waals surface area contributed by atoms with Gasteiger partial charge in [0.1, 0.15) is 5.60 Å². The molecular weight excluding hydrogens is 236 g/mol. The van der Waals surface area contributed by atoms with Crippen molar-refractivity contribution in [2.75, 3.05) is 0 Å². The van der Waals surface area contributed by atoms with Gasteiger partial charge < -0.3 is 15.3 Å². The second-order valence-corrected chi connectivity index (χ2v) is 4.22. The van der Waals surface area contributed by atoms with Gasteiger partial charge in [0.15, 0.2) is 0 Å². The van der Waals surface area contributed by atoms with Crippen LogP contribution in [0.4, 0.5) is 0 Å². The van der Waals surface area contributed by atoms with E-state index in [0.29, 0.717) is 0 Å². The molecule has 0 aliphatic heterocycles. The van der Waals surface area contributed by atoms with Crippen LogP contribution in [0.15, 0.2) is 18.2 Å². The van der Waals surface area contributed by atoms with E-state index in [1.54, 1.807) is 0 Å². The summed E-state index contributed by atoms with van der Waals surface area (Å²) in [5.74, 6) is 2.57. The van der Waals surface area contributed by atoms with Gasteiger partial charge in [-0.1, -0.05) is 11.8 Å². The van der Waals surface area contributed by atoms with Crippen molar-refractivity contribution in [3.05, 3.63) is 34.9 Å². The monoisotopic (exact) mass is 248 g/mol. The Morgan fingerprint density at radius 2 is 1.50 bits per heavy atom. The number of rotatable bonds is 2. The van der Waals surface area contributed by atoms with Gasteiger partial charge in [0, 0.05) is 5.56 Å². The average Bonchev–Trinajstić information content (AvgIpc) is 2.25. The highest BCUT2D eigenvalue weighted by atomic mass is 16.4. The molecule has 0 radical (unpaired) electrons. The maximum absolute atomic E-state index is 10.8. The minimum atomic E-state index is -1.23. The Bertz CT molecular complexity index is 523. The summed E-state index contributed by atoms with van der Waals surface area (Å²) in [5, 5.41) is 27.1. The second-order valence-electron chi connectivity index (χ2n) is 4.22. The van der Waals surface area contributed by atoms with Crippen molar-refractivity contribution in [1.29, 1.82) is 0 Å². The standard InChI is InChI=1S/C13H12O5/c1-13(2,18)4-3-8-5-9(11(14)15)7-10(6-8)12(16)17/h5-7,18H,1-2H3,(H,14,15)(H,16,17). The lowest BCUT2D eigenvalue weighted by Crippen LogP contribution is -2.14. The summed E-state index contributed by atoms with van der Waals surface area (Å²) in [5.41, 5.74) is -1.32. The summed E-state index contributed by atoms with van der Waals surface area (Å²) in [6.45, 7) is 2.94. The fraction of sp³-hybridized carbons (Fsp3) is 0.231. The van der Waals surface area contributed by atoms with Crippen molar-refractivity contribution in [2.45, 2.75) is 19.4 Å². The smallest absolute Gasteiger partial charge is 0.335 e. The zero-order chi connectivity index (χ0) is 13.9. The fourth-order valence-corrected chi connectivity index (χ4v) is 1.17. The molecule has 0 fully saturated rings. The van der Waals surface area contributed by atoms with Gasteiger partial charge in [0.05, 0.1) is 11.1 Å². The molecule has 94 valence electrons. The molecule has 0 aliphatic rings. The van der Waals surface area contributed by atoms with E-state index >= 15 is 0 Å². The van der Waals surface area contributed by atoms with Crippen LogP contribution in [-0.4, -0.2) is 32.9 Å². The molecule has 5 nitrogen and oxygen atoms in total. The Hall–Kier alpha value is -2.32. The van der Waals surface area contributed by atoms with E-state index in [1.165, 1.54) is 26.0 Å². The van der Waals surface area contributed by atoms with Crippen LogP contribution in [0.5, 0.6) is 0 Å². The fourth-order valence-electron chi connectivity index (χ4n) is 1.17. The summed E-state index contributed by atoms with van der Waals surface area (Å²) in [6, 6.07) is 3.57. The summed E-state index contributed by atoms with van der Waals surface area (Å²) >= 11 is 0. The molecule has 1 rings (SSSR count). The first-order valence-electron chi connectivity index (χ1n) is 5.06. The van der Waals surface area contributed by atoms with Crippen molar-refractivity contribution >= 4 is 11.9 Å². The van der Waals surface area contributed by atoms with Crippen molar-refractivity contribution in [3.63, 3.8) is 0 Å². The van der Waals surface area contributed by atoms with Crippen molar-refractivity contribution in [2.24, 2.45) is 0 Å². The first-order chi connectivity index (χ1) is 8.19. The van der Waals surface area contributed by atoms with Crippen molar-refractivity contribution < 1.29 is 24.9 Å². The van der Waals surface area contributed by atoms with Gasteiger partial charge in [-0.05, 0) is 32.0 Å². The molecule has 5 heteroatoms. The summed E-state index contributed by atoms with van der Waals surface area (Å²) in [4.78, 5) is 21.7. The number of carbonyl (C=O) groups is 2. The Labute approximate surface area is 104 Å². The number of hydrogen-bond acceptors (Lipinski definition) is 3. The minimum absolute atomic E-state index is 0.157. The topological polar surface area (TPSA) is 94.8 Å². The van der Waals surface area contributed by atoms with Gasteiger partial charge in [-0.25, -0.2) is 9.59 Å². The van der Waals surface area contributed by atoms with E-state index in [9.17, 15) is 14.7 Å². The first-order valence-corrected chi connectivity index (χ1v) is 5.06. The Morgan fingerprint density at radius 3 is 1.83 bits per heavy atom. The Kier molecular flexibility index (Phi) is 3.74. The number of aliphatic hydroxyl groups is 1. The normalized spacial score (nSPS) is 10.4. The molecule has 0 heterocycles. The number of aromatic carboxylic acids is 2. The quantitative estimate of drug-likeness (QED) is 0.684. The van der Waals surface area contributed by atoms with Gasteiger partial charge in [-0.15, -0.1) is 0 Å². The summed E-state index contributed by atoms with van der Waals surface area (Å²) in [7, 11) is 0. The van der Waals surface area contributed by atoms with Gasteiger partial charge in [0.25, 0.3) is 0 Å². The minimum Gasteiger partial charge on any atom is -0.478 e. The van der Waals surface area contributed by atoms with Crippen LogP contribution in [0.2, 0.25) is 0 Å². The maximum atomic E-state index is 10.8. The zero-order valence-electron chi connectivity index (χ0n) is 9.89. The van der Waals surface area contributed by atoms with Crippen LogP contribution in [-0.2, 0) is 0 Å². The van der Waals surface area contributed by atoms with Gasteiger partial charge in [-0.2, -0.15) is 0 Å². The average molecular weight is 248 g/mol. The Morgan fingerprint density at radius 1 is 1.06 bits per heavy atom. The third-order valence-corrected chi connectivity index (χ3v) is 1.94. The molecule has 0 aliphatic carbocycles. The van der Waals surface area contributed by atoms with Crippen LogP contribution < -0.4 is 0 Å². The molecule has 3 N–H and O–H groups in total. The molecule has 0 unspecified atom stereocenters. The molecule has 0 saturated carbocycles. The second kappa shape index (κ2) is 4.90. The van der Waals surface area contributed by atoms with Crippen LogP contribution in [0.3, 0.4) is 0 Å². The van der Waals surface area contributed by atoms with Gasteiger partial charge in [-0.3, -0.25) is 0 Å². The molecule has 0 spiro atoms. The first kappa shape index (κ1) is 13.7. The molecule has 0 amide bonds. The molecular formula is C13H12O5. The largest absolute Gasteiger partial charge is 0.478 e. The molecule has 0 saturated heterocycles. The summed E-state index contributed by atoms with van der Waals surface area (Å²) in [6.07, 6.45) is 0. The van der Waals surface area contributed by atoms with Gasteiger partial charge in [0.2, 0.25) is 0 Å². The SMILES string of the molecule is CC(C)(O)C#Cc1cc(C(=O)O)cc(C(=O)O)c1. The van der Waals surface area contributed by atoms with E-state index in [-0.39, 0.29) is 16.7 Å². The van der Waals surface area contributed by atoms with Crippen LogP contribution in [0.25, 0.3) is 0 Å². The van der Waals surface area contributed by atoms with E-state index in [1.807, 2.05) is 0 Å². The molecule has 1 aromatic rings. The highest BCUT2D eigenvalue weighted by Crippen LogP contribution is 2.11. The van der Waals surface area contributed by atoms with E-state index in [0.717, 1.165) is 6.07 Å². The third kappa shape index (κ3) is 3.92. The van der Waals surface area contributed by atoms with Crippen molar-refractivity contribution in [1.82, 2.24) is 0 Å². The predicted molar refractivity (Wildman–Crippen MR) is 63.5 cm³/mol. The lowest BCUT2D eigenvalue weighted by atomic mass is 10.0. The molecule has 0 bridgehead atoms. The van der Waals surface area contributed by atoms with E-state index in [2.05, 4.69) is 11.8 Å². The Balaban J connectivity index is 3.31. The highest BCUT2D eigenvalue weighted by molar-refractivity contribution is 5.94. The lowest BCUT2D eigenvalue weighted by molar-refractivity contribution is 0.0696. The zero-order valence-corrected chi connectivity index (χ0v) is 9.89. The van der Waals surface area contributed by atoms with Crippen LogP contribution in [0.1, 0.15) is 40.1 Å². The number of carboxylic acid groups (broad SMARTS) is 2.